The summed E-state index contributed by atoms with van der Waals surface area (Å²) in [6.45, 7) is 4.27. The molecule has 0 atom stereocenters. The number of carbonyl (C=O) groups is 1. The summed E-state index contributed by atoms with van der Waals surface area (Å²) in [7, 11) is 1.98. The van der Waals surface area contributed by atoms with Crippen molar-refractivity contribution in [3.05, 3.63) is 23.8 Å². The Kier molecular flexibility index (Phi) is 4.84. The number of fused-ring (bicyclic) bond motifs is 1. The molecule has 0 radical (unpaired) electrons. The SMILES string of the molecule is CN1C(=O)CCc2cc(S(=O)(=O)NCC(C)(C)N(C)C)ccc21. The maximum atomic E-state index is 12.5. The van der Waals surface area contributed by atoms with Crippen molar-refractivity contribution in [1.82, 2.24) is 9.62 Å². The number of anilines is 1. The van der Waals surface area contributed by atoms with Gasteiger partial charge >= 0.3 is 0 Å². The summed E-state index contributed by atoms with van der Waals surface area (Å²) >= 11 is 0. The number of benzene rings is 1. The predicted molar refractivity (Wildman–Crippen MR) is 91.1 cm³/mol. The molecule has 0 unspecified atom stereocenters. The van der Waals surface area contributed by atoms with E-state index in [1.807, 2.05) is 32.8 Å². The number of amides is 1. The molecular weight excluding hydrogens is 314 g/mol. The topological polar surface area (TPSA) is 69.7 Å². The van der Waals surface area contributed by atoms with Gasteiger partial charge in [0.05, 0.1) is 4.90 Å². The van der Waals surface area contributed by atoms with Gasteiger partial charge in [0.15, 0.2) is 0 Å². The Hall–Kier alpha value is -1.44. The highest BCUT2D eigenvalue weighted by molar-refractivity contribution is 7.89. The summed E-state index contributed by atoms with van der Waals surface area (Å²) in [5.74, 6) is 0.0546. The van der Waals surface area contributed by atoms with Crippen LogP contribution in [0.2, 0.25) is 0 Å². The van der Waals surface area contributed by atoms with Crippen molar-refractivity contribution in [2.45, 2.75) is 37.1 Å². The van der Waals surface area contributed by atoms with Crippen LogP contribution in [-0.4, -0.2) is 52.5 Å². The number of nitrogens with one attached hydrogen (secondary N) is 1. The third-order valence-corrected chi connectivity index (χ3v) is 6.01. The van der Waals surface area contributed by atoms with E-state index < -0.39 is 10.0 Å². The van der Waals surface area contributed by atoms with Crippen LogP contribution in [0, 0.1) is 0 Å². The van der Waals surface area contributed by atoms with Crippen LogP contribution in [0.5, 0.6) is 0 Å². The van der Waals surface area contributed by atoms with E-state index in [1.165, 1.54) is 0 Å². The van der Waals surface area contributed by atoms with Gasteiger partial charge in [-0.25, -0.2) is 13.1 Å². The number of carbonyl (C=O) groups excluding carboxylic acids is 1. The van der Waals surface area contributed by atoms with E-state index in [-0.39, 0.29) is 16.3 Å². The molecule has 2 rings (SSSR count). The molecule has 1 aliphatic rings. The van der Waals surface area contributed by atoms with Gasteiger partial charge in [-0.1, -0.05) is 0 Å². The van der Waals surface area contributed by atoms with E-state index in [4.69, 9.17) is 0 Å². The molecule has 1 aromatic rings. The number of likely N-dealkylation sites (N-methyl/N-ethyl adjacent to an activating group) is 1. The van der Waals surface area contributed by atoms with Crippen LogP contribution in [0.15, 0.2) is 23.1 Å². The molecule has 0 aliphatic carbocycles. The van der Waals surface area contributed by atoms with Crippen molar-refractivity contribution in [2.75, 3.05) is 32.6 Å². The van der Waals surface area contributed by atoms with Gasteiger partial charge in [-0.05, 0) is 58.1 Å². The summed E-state index contributed by atoms with van der Waals surface area (Å²) in [5, 5.41) is 0. The molecule has 1 N–H and O–H groups in total. The highest BCUT2D eigenvalue weighted by atomic mass is 32.2. The summed E-state index contributed by atoms with van der Waals surface area (Å²) < 4.78 is 27.7. The third-order valence-electron chi connectivity index (χ3n) is 4.61. The Morgan fingerprint density at radius 2 is 1.91 bits per heavy atom. The average molecular weight is 339 g/mol. The van der Waals surface area contributed by atoms with Gasteiger partial charge in [0.1, 0.15) is 0 Å². The molecule has 1 aliphatic heterocycles. The summed E-state index contributed by atoms with van der Waals surface area (Å²) in [6.07, 6.45) is 0.985. The van der Waals surface area contributed by atoms with Gasteiger partial charge in [-0.15, -0.1) is 0 Å². The first-order valence-corrected chi connectivity index (χ1v) is 9.09. The number of hydrogen-bond donors (Lipinski definition) is 1. The minimum atomic E-state index is -3.57. The smallest absolute Gasteiger partial charge is 0.240 e. The van der Waals surface area contributed by atoms with E-state index in [1.54, 1.807) is 30.1 Å². The van der Waals surface area contributed by atoms with Crippen LogP contribution < -0.4 is 9.62 Å². The van der Waals surface area contributed by atoms with Gasteiger partial charge < -0.3 is 9.80 Å². The van der Waals surface area contributed by atoms with Crippen molar-refractivity contribution in [1.29, 1.82) is 0 Å². The lowest BCUT2D eigenvalue weighted by atomic mass is 10.0. The van der Waals surface area contributed by atoms with Crippen LogP contribution in [0.3, 0.4) is 0 Å². The Morgan fingerprint density at radius 3 is 2.52 bits per heavy atom. The highest BCUT2D eigenvalue weighted by Gasteiger charge is 2.26. The van der Waals surface area contributed by atoms with Crippen molar-refractivity contribution < 1.29 is 13.2 Å². The second-order valence-electron chi connectivity index (χ2n) is 6.77. The molecule has 0 spiro atoms. The molecule has 1 aromatic carbocycles. The first-order valence-electron chi connectivity index (χ1n) is 7.61. The van der Waals surface area contributed by atoms with Gasteiger partial charge in [-0.2, -0.15) is 0 Å². The van der Waals surface area contributed by atoms with Crippen molar-refractivity contribution >= 4 is 21.6 Å². The zero-order chi connectivity index (χ0) is 17.4. The molecule has 7 heteroatoms. The molecule has 6 nitrogen and oxygen atoms in total. The lowest BCUT2D eigenvalue weighted by molar-refractivity contribution is -0.118. The van der Waals surface area contributed by atoms with E-state index in [0.29, 0.717) is 19.4 Å². The largest absolute Gasteiger partial charge is 0.315 e. The standard InChI is InChI=1S/C16H25N3O3S/c1-16(2,18(3)4)11-17-23(21,22)13-7-8-14-12(10-13)6-9-15(20)19(14)5/h7-8,10,17H,6,9,11H2,1-5H3. The van der Waals surface area contributed by atoms with Crippen LogP contribution in [-0.2, 0) is 21.2 Å². The van der Waals surface area contributed by atoms with Crippen molar-refractivity contribution in [2.24, 2.45) is 0 Å². The summed E-state index contributed by atoms with van der Waals surface area (Å²) in [5.41, 5.74) is 1.39. The average Bonchev–Trinajstić information content (AvgIpc) is 2.49. The van der Waals surface area contributed by atoms with Gasteiger partial charge in [-0.3, -0.25) is 4.79 Å². The Morgan fingerprint density at radius 1 is 1.26 bits per heavy atom. The predicted octanol–water partition coefficient (Wildman–Crippen LogP) is 1.21. The maximum Gasteiger partial charge on any atom is 0.240 e. The Bertz CT molecular complexity index is 711. The number of rotatable bonds is 5. The monoisotopic (exact) mass is 339 g/mol. The zero-order valence-electron chi connectivity index (χ0n) is 14.4. The van der Waals surface area contributed by atoms with E-state index in [2.05, 4.69) is 4.72 Å². The normalized spacial score (nSPS) is 15.9. The number of aryl methyl sites for hydroxylation is 1. The maximum absolute atomic E-state index is 12.5. The molecule has 23 heavy (non-hydrogen) atoms. The number of nitrogens with zero attached hydrogens (tertiary/aromatic N) is 2. The second kappa shape index (κ2) is 6.22. The van der Waals surface area contributed by atoms with Crippen LogP contribution >= 0.6 is 0 Å². The van der Waals surface area contributed by atoms with Crippen LogP contribution in [0.25, 0.3) is 0 Å². The third kappa shape index (κ3) is 3.73. The van der Waals surface area contributed by atoms with Crippen LogP contribution in [0.4, 0.5) is 5.69 Å². The Balaban J connectivity index is 2.23. The zero-order valence-corrected chi connectivity index (χ0v) is 15.2. The molecule has 0 bridgehead atoms. The summed E-state index contributed by atoms with van der Waals surface area (Å²) in [6, 6.07) is 4.93. The first-order chi connectivity index (χ1) is 10.5. The summed E-state index contributed by atoms with van der Waals surface area (Å²) in [4.78, 5) is 15.5. The Labute approximate surface area is 138 Å². The minimum absolute atomic E-state index is 0.0546. The minimum Gasteiger partial charge on any atom is -0.315 e. The van der Waals surface area contributed by atoms with Crippen molar-refractivity contribution in [3.63, 3.8) is 0 Å². The molecule has 0 saturated heterocycles. The van der Waals surface area contributed by atoms with Crippen LogP contribution in [0.1, 0.15) is 25.8 Å². The van der Waals surface area contributed by atoms with E-state index in [9.17, 15) is 13.2 Å². The molecule has 0 fully saturated rings. The van der Waals surface area contributed by atoms with Gasteiger partial charge in [0.25, 0.3) is 0 Å². The number of hydrogen-bond acceptors (Lipinski definition) is 4. The highest BCUT2D eigenvalue weighted by Crippen LogP contribution is 2.29. The molecule has 128 valence electrons. The van der Waals surface area contributed by atoms with Gasteiger partial charge in [0, 0.05) is 31.2 Å². The molecule has 1 heterocycles. The first kappa shape index (κ1) is 17.9. The van der Waals surface area contributed by atoms with Crippen molar-refractivity contribution in [3.8, 4) is 0 Å². The van der Waals surface area contributed by atoms with Gasteiger partial charge in [0.2, 0.25) is 15.9 Å². The second-order valence-corrected chi connectivity index (χ2v) is 8.54. The molecular formula is C16H25N3O3S. The fourth-order valence-electron chi connectivity index (χ4n) is 2.31. The lowest BCUT2D eigenvalue weighted by Gasteiger charge is -2.32. The molecule has 1 amide bonds. The molecule has 0 aromatic heterocycles. The quantitative estimate of drug-likeness (QED) is 0.875. The van der Waals surface area contributed by atoms with E-state index >= 15 is 0 Å². The fraction of sp³-hybridized carbons (Fsp3) is 0.562. The lowest BCUT2D eigenvalue weighted by Crippen LogP contribution is -2.48. The molecule has 0 saturated carbocycles. The fourth-order valence-corrected chi connectivity index (χ4v) is 3.57. The number of sulfonamides is 1. The van der Waals surface area contributed by atoms with E-state index in [0.717, 1.165) is 11.3 Å².